The number of benzene rings is 2. The standard InChI is InChI=1S/C24H21FN2O4/c1-30-19-4-2-3-17(22(19)31-13-14-5-9-18(25)10-6-14)12-26-27-23(28)20-15-7-8-16(11-15)21(20)24(27)29/h2-10,12,15-16,20-21H,11,13H2,1H3. The summed E-state index contributed by atoms with van der Waals surface area (Å²) in [6.45, 7) is 0.197. The number of carbonyl (C=O) groups excluding carboxylic acids is 2. The number of imide groups is 1. The molecule has 2 aromatic carbocycles. The van der Waals surface area contributed by atoms with Crippen molar-refractivity contribution in [3.8, 4) is 11.5 Å². The van der Waals surface area contributed by atoms with Crippen LogP contribution in [0.3, 0.4) is 0 Å². The maximum atomic E-state index is 13.1. The van der Waals surface area contributed by atoms with Gasteiger partial charge in [-0.15, -0.1) is 0 Å². The van der Waals surface area contributed by atoms with E-state index in [-0.39, 0.29) is 47.9 Å². The van der Waals surface area contributed by atoms with Crippen LogP contribution in [0, 0.1) is 29.5 Å². The molecule has 158 valence electrons. The van der Waals surface area contributed by atoms with Crippen molar-refractivity contribution in [3.63, 3.8) is 0 Å². The third-order valence-electron chi connectivity index (χ3n) is 6.29. The molecule has 1 saturated heterocycles. The second-order valence-electron chi connectivity index (χ2n) is 8.03. The first-order valence-corrected chi connectivity index (χ1v) is 10.2. The molecule has 7 heteroatoms. The van der Waals surface area contributed by atoms with E-state index in [1.807, 2.05) is 12.2 Å². The number of hydrogen-bond acceptors (Lipinski definition) is 5. The molecule has 2 fully saturated rings. The van der Waals surface area contributed by atoms with Crippen LogP contribution >= 0.6 is 0 Å². The van der Waals surface area contributed by atoms with E-state index < -0.39 is 0 Å². The average molecular weight is 420 g/mol. The quantitative estimate of drug-likeness (QED) is 0.407. The monoisotopic (exact) mass is 420 g/mol. The second kappa shape index (κ2) is 7.65. The summed E-state index contributed by atoms with van der Waals surface area (Å²) in [7, 11) is 1.53. The zero-order chi connectivity index (χ0) is 21.5. The van der Waals surface area contributed by atoms with Crippen LogP contribution in [-0.4, -0.2) is 30.1 Å². The molecule has 1 aliphatic heterocycles. The Balaban J connectivity index is 1.38. The first-order valence-electron chi connectivity index (χ1n) is 10.2. The minimum Gasteiger partial charge on any atom is -0.493 e. The van der Waals surface area contributed by atoms with Crippen molar-refractivity contribution in [3.05, 3.63) is 71.6 Å². The van der Waals surface area contributed by atoms with Gasteiger partial charge >= 0.3 is 0 Å². The molecule has 4 unspecified atom stereocenters. The Hall–Kier alpha value is -3.48. The van der Waals surface area contributed by atoms with E-state index in [9.17, 15) is 14.0 Å². The first kappa shape index (κ1) is 19.5. The summed E-state index contributed by atoms with van der Waals surface area (Å²) in [5, 5.41) is 5.24. The summed E-state index contributed by atoms with van der Waals surface area (Å²) in [6.07, 6.45) is 6.43. The maximum absolute atomic E-state index is 13.1. The maximum Gasteiger partial charge on any atom is 0.254 e. The van der Waals surface area contributed by atoms with E-state index in [1.54, 1.807) is 30.3 Å². The topological polar surface area (TPSA) is 68.2 Å². The number of hydrogen-bond donors (Lipinski definition) is 0. The van der Waals surface area contributed by atoms with E-state index in [2.05, 4.69) is 5.10 Å². The SMILES string of the molecule is COc1cccc(C=NN2C(=O)C3C4C=CC(C4)C3C2=O)c1OCc1ccc(F)cc1. The van der Waals surface area contributed by atoms with Gasteiger partial charge < -0.3 is 9.47 Å². The molecule has 0 spiro atoms. The van der Waals surface area contributed by atoms with Gasteiger partial charge in [0.05, 0.1) is 25.2 Å². The van der Waals surface area contributed by atoms with Gasteiger partial charge in [-0.05, 0) is 48.1 Å². The summed E-state index contributed by atoms with van der Waals surface area (Å²) < 4.78 is 24.5. The van der Waals surface area contributed by atoms with Gasteiger partial charge in [-0.1, -0.05) is 30.4 Å². The number of ether oxygens (including phenoxy) is 2. The second-order valence-corrected chi connectivity index (χ2v) is 8.03. The number of allylic oxidation sites excluding steroid dienone is 2. The van der Waals surface area contributed by atoms with Gasteiger partial charge in [-0.25, -0.2) is 4.39 Å². The molecule has 6 nitrogen and oxygen atoms in total. The number of fused-ring (bicyclic) bond motifs is 5. The lowest BCUT2D eigenvalue weighted by atomic mass is 9.85. The number of hydrazone groups is 1. The predicted molar refractivity (Wildman–Crippen MR) is 111 cm³/mol. The molecule has 5 rings (SSSR count). The van der Waals surface area contributed by atoms with Gasteiger partial charge in [0, 0.05) is 5.56 Å². The van der Waals surface area contributed by atoms with Crippen molar-refractivity contribution >= 4 is 18.0 Å². The minimum atomic E-state index is -0.317. The van der Waals surface area contributed by atoms with Gasteiger partial charge in [-0.2, -0.15) is 10.1 Å². The lowest BCUT2D eigenvalue weighted by Gasteiger charge is -2.14. The molecular formula is C24H21FN2O4. The summed E-state index contributed by atoms with van der Waals surface area (Å²) in [6, 6.07) is 11.3. The van der Waals surface area contributed by atoms with Crippen LogP contribution in [0.1, 0.15) is 17.5 Å². The Labute approximate surface area is 179 Å². The first-order chi connectivity index (χ1) is 15.1. The van der Waals surface area contributed by atoms with Crippen LogP contribution in [0.15, 0.2) is 59.7 Å². The number of halogens is 1. The fourth-order valence-corrected chi connectivity index (χ4v) is 4.81. The van der Waals surface area contributed by atoms with Gasteiger partial charge in [0.1, 0.15) is 12.4 Å². The third kappa shape index (κ3) is 3.30. The molecule has 2 aliphatic carbocycles. The fraction of sp³-hybridized carbons (Fsp3) is 0.292. The van der Waals surface area contributed by atoms with E-state index in [0.29, 0.717) is 17.1 Å². The predicted octanol–water partition coefficient (Wildman–Crippen LogP) is 3.55. The van der Waals surface area contributed by atoms with Crippen molar-refractivity contribution in [1.29, 1.82) is 0 Å². The number of amides is 2. The Kier molecular flexibility index (Phi) is 4.81. The Morgan fingerprint density at radius 3 is 2.39 bits per heavy atom. The number of para-hydroxylation sites is 1. The van der Waals surface area contributed by atoms with E-state index >= 15 is 0 Å². The number of methoxy groups -OCH3 is 1. The molecule has 2 amide bonds. The van der Waals surface area contributed by atoms with Crippen molar-refractivity contribution < 1.29 is 23.5 Å². The van der Waals surface area contributed by atoms with E-state index in [4.69, 9.17) is 9.47 Å². The molecule has 2 bridgehead atoms. The number of rotatable bonds is 6. The molecule has 0 N–H and O–H groups in total. The lowest BCUT2D eigenvalue weighted by Crippen LogP contribution is -2.28. The molecule has 3 aliphatic rings. The van der Waals surface area contributed by atoms with Gasteiger partial charge in [0.25, 0.3) is 11.8 Å². The van der Waals surface area contributed by atoms with Crippen molar-refractivity contribution in [2.75, 3.05) is 7.11 Å². The van der Waals surface area contributed by atoms with Crippen molar-refractivity contribution in [2.24, 2.45) is 28.8 Å². The highest BCUT2D eigenvalue weighted by Gasteiger charge is 2.59. The minimum absolute atomic E-state index is 0.137. The van der Waals surface area contributed by atoms with Crippen molar-refractivity contribution in [2.45, 2.75) is 13.0 Å². The van der Waals surface area contributed by atoms with Crippen molar-refractivity contribution in [1.82, 2.24) is 5.01 Å². The lowest BCUT2D eigenvalue weighted by molar-refractivity contribution is -0.140. The van der Waals surface area contributed by atoms with Crippen LogP contribution in [0.4, 0.5) is 4.39 Å². The third-order valence-corrected chi connectivity index (χ3v) is 6.29. The number of carbonyl (C=O) groups is 2. The van der Waals surface area contributed by atoms with Crippen LogP contribution in [-0.2, 0) is 16.2 Å². The summed E-state index contributed by atoms with van der Waals surface area (Å²) in [5.41, 5.74) is 1.36. The van der Waals surface area contributed by atoms with Gasteiger partial charge in [-0.3, -0.25) is 9.59 Å². The Bertz CT molecular complexity index is 1070. The molecule has 4 atom stereocenters. The molecular weight excluding hydrogens is 399 g/mol. The summed E-state index contributed by atoms with van der Waals surface area (Å²) in [4.78, 5) is 25.7. The molecule has 2 aromatic rings. The Morgan fingerprint density at radius 1 is 1.06 bits per heavy atom. The Morgan fingerprint density at radius 2 is 1.74 bits per heavy atom. The molecule has 1 heterocycles. The summed E-state index contributed by atoms with van der Waals surface area (Å²) >= 11 is 0. The molecule has 1 saturated carbocycles. The average Bonchev–Trinajstić information content (AvgIpc) is 3.46. The molecule has 31 heavy (non-hydrogen) atoms. The number of nitrogens with zero attached hydrogens (tertiary/aromatic N) is 2. The van der Waals surface area contributed by atoms with Crippen LogP contribution in [0.25, 0.3) is 0 Å². The normalized spacial score (nSPS) is 26.2. The van der Waals surface area contributed by atoms with Crippen LogP contribution in [0.5, 0.6) is 11.5 Å². The molecule has 0 aromatic heterocycles. The van der Waals surface area contributed by atoms with E-state index in [1.165, 1.54) is 25.5 Å². The highest BCUT2D eigenvalue weighted by atomic mass is 19.1. The van der Waals surface area contributed by atoms with Crippen LogP contribution in [0.2, 0.25) is 0 Å². The zero-order valence-corrected chi connectivity index (χ0v) is 16.9. The highest BCUT2D eigenvalue weighted by molar-refractivity contribution is 6.07. The highest BCUT2D eigenvalue weighted by Crippen LogP contribution is 2.52. The summed E-state index contributed by atoms with van der Waals surface area (Å²) in [5.74, 6) is -0.181. The molecule has 0 radical (unpaired) electrons. The van der Waals surface area contributed by atoms with Crippen LogP contribution < -0.4 is 9.47 Å². The van der Waals surface area contributed by atoms with Gasteiger partial charge in [0.2, 0.25) is 0 Å². The zero-order valence-electron chi connectivity index (χ0n) is 16.9. The fourth-order valence-electron chi connectivity index (χ4n) is 4.81. The van der Waals surface area contributed by atoms with E-state index in [0.717, 1.165) is 17.0 Å². The largest absolute Gasteiger partial charge is 0.493 e. The van der Waals surface area contributed by atoms with Gasteiger partial charge in [0.15, 0.2) is 11.5 Å². The smallest absolute Gasteiger partial charge is 0.254 e.